The number of carbonyl (C=O) groups is 1. The number of piperidine rings is 1. The third kappa shape index (κ3) is 3.02. The van der Waals surface area contributed by atoms with Gasteiger partial charge in [-0.05, 0) is 18.9 Å². The number of carbonyl (C=O) groups excluding carboxylic acids is 1. The molecule has 1 amide bonds. The van der Waals surface area contributed by atoms with Crippen molar-refractivity contribution in [1.82, 2.24) is 9.47 Å². The lowest BCUT2D eigenvalue weighted by molar-refractivity contribution is -0.183. The lowest BCUT2D eigenvalue weighted by atomic mass is 9.96. The molecule has 0 atom stereocenters. The van der Waals surface area contributed by atoms with Crippen LogP contribution in [0.25, 0.3) is 0 Å². The van der Waals surface area contributed by atoms with Crippen LogP contribution in [0.2, 0.25) is 0 Å². The van der Waals surface area contributed by atoms with Crippen LogP contribution in [0.3, 0.4) is 0 Å². The Hall–Kier alpha value is -1.79. The molecule has 4 nitrogen and oxygen atoms in total. The third-order valence-corrected chi connectivity index (χ3v) is 3.60. The van der Waals surface area contributed by atoms with Gasteiger partial charge in [0.15, 0.2) is 0 Å². The number of halogens is 3. The van der Waals surface area contributed by atoms with Crippen molar-refractivity contribution < 1.29 is 18.0 Å². The van der Waals surface area contributed by atoms with E-state index in [0.29, 0.717) is 0 Å². The molecule has 7 heteroatoms. The summed E-state index contributed by atoms with van der Waals surface area (Å²) in [5.74, 6) is -1.72. The summed E-state index contributed by atoms with van der Waals surface area (Å²) in [6, 6.07) is 2.71. The van der Waals surface area contributed by atoms with E-state index >= 15 is 0 Å². The molecule has 1 aliphatic rings. The Kier molecular flexibility index (Phi) is 3.87. The Morgan fingerprint density at radius 3 is 2.40 bits per heavy atom. The topological polar surface area (TPSA) is 42.3 Å². The van der Waals surface area contributed by atoms with Gasteiger partial charge in [0.05, 0.1) is 5.92 Å². The van der Waals surface area contributed by atoms with E-state index in [4.69, 9.17) is 0 Å². The first-order chi connectivity index (χ1) is 9.29. The summed E-state index contributed by atoms with van der Waals surface area (Å²) < 4.78 is 39.0. The lowest BCUT2D eigenvalue weighted by Crippen LogP contribution is -2.42. The molecular formula is C13H15F3N2O2. The second-order valence-corrected chi connectivity index (χ2v) is 4.97. The largest absolute Gasteiger partial charge is 0.391 e. The molecule has 0 aromatic carbocycles. The van der Waals surface area contributed by atoms with Gasteiger partial charge in [-0.25, -0.2) is 0 Å². The fraction of sp³-hybridized carbons (Fsp3) is 0.538. The van der Waals surface area contributed by atoms with Crippen molar-refractivity contribution in [3.8, 4) is 0 Å². The minimum atomic E-state index is -4.20. The fourth-order valence-electron chi connectivity index (χ4n) is 2.27. The monoisotopic (exact) mass is 288 g/mol. The van der Waals surface area contributed by atoms with Crippen molar-refractivity contribution in [1.29, 1.82) is 0 Å². The number of hydrogen-bond acceptors (Lipinski definition) is 2. The minimum Gasteiger partial charge on any atom is -0.339 e. The molecule has 2 rings (SSSR count). The number of rotatable bonds is 1. The van der Waals surface area contributed by atoms with E-state index in [0.717, 1.165) is 0 Å². The van der Waals surface area contributed by atoms with Crippen LogP contribution >= 0.6 is 0 Å². The Balaban J connectivity index is 2.05. The molecular weight excluding hydrogens is 273 g/mol. The second-order valence-electron chi connectivity index (χ2n) is 4.97. The average Bonchev–Trinajstić information content (AvgIpc) is 2.40. The van der Waals surface area contributed by atoms with Gasteiger partial charge in [-0.3, -0.25) is 9.59 Å². The summed E-state index contributed by atoms with van der Waals surface area (Å²) >= 11 is 0. The number of pyridine rings is 1. The molecule has 1 aromatic rings. The Morgan fingerprint density at radius 2 is 1.90 bits per heavy atom. The van der Waals surface area contributed by atoms with Gasteiger partial charge in [0.25, 0.3) is 11.5 Å². The molecule has 0 bridgehead atoms. The SMILES string of the molecule is Cn1ccc(C(=O)N2CCC(C(F)(F)F)CC2)cc1=O. The Morgan fingerprint density at radius 1 is 1.30 bits per heavy atom. The van der Waals surface area contributed by atoms with Crippen molar-refractivity contribution in [2.45, 2.75) is 19.0 Å². The van der Waals surface area contributed by atoms with E-state index in [2.05, 4.69) is 0 Å². The maximum absolute atomic E-state index is 12.5. The highest BCUT2D eigenvalue weighted by Gasteiger charge is 2.41. The molecule has 2 heterocycles. The summed E-state index contributed by atoms with van der Waals surface area (Å²) in [4.78, 5) is 24.9. The zero-order valence-electron chi connectivity index (χ0n) is 11.0. The van der Waals surface area contributed by atoms with E-state index in [1.807, 2.05) is 0 Å². The van der Waals surface area contributed by atoms with Crippen LogP contribution in [0.1, 0.15) is 23.2 Å². The summed E-state index contributed by atoms with van der Waals surface area (Å²) in [6.07, 6.45) is -2.89. The average molecular weight is 288 g/mol. The van der Waals surface area contributed by atoms with Gasteiger partial charge in [-0.1, -0.05) is 0 Å². The number of aryl methyl sites for hydroxylation is 1. The summed E-state index contributed by atoms with van der Waals surface area (Å²) in [5, 5.41) is 0. The molecule has 1 aliphatic heterocycles. The minimum absolute atomic E-state index is 0.0677. The lowest BCUT2D eigenvalue weighted by Gasteiger charge is -2.32. The van der Waals surface area contributed by atoms with Crippen LogP contribution in [-0.2, 0) is 7.05 Å². The molecule has 1 fully saturated rings. The molecule has 0 saturated carbocycles. The maximum Gasteiger partial charge on any atom is 0.391 e. The highest BCUT2D eigenvalue weighted by molar-refractivity contribution is 5.94. The number of aromatic nitrogens is 1. The summed E-state index contributed by atoms with van der Waals surface area (Å²) in [6.45, 7) is 0.135. The van der Waals surface area contributed by atoms with E-state index in [9.17, 15) is 22.8 Å². The first-order valence-electron chi connectivity index (χ1n) is 6.31. The highest BCUT2D eigenvalue weighted by atomic mass is 19.4. The van der Waals surface area contributed by atoms with Gasteiger partial charge >= 0.3 is 6.18 Å². The standard InChI is InChI=1S/C13H15F3N2O2/c1-17-5-2-9(8-11(17)19)12(20)18-6-3-10(4-7-18)13(14,15)16/h2,5,8,10H,3-4,6-7H2,1H3. The van der Waals surface area contributed by atoms with E-state index in [1.165, 1.54) is 27.8 Å². The van der Waals surface area contributed by atoms with Crippen LogP contribution in [0, 0.1) is 5.92 Å². The molecule has 0 spiro atoms. The number of alkyl halides is 3. The van der Waals surface area contributed by atoms with Crippen molar-refractivity contribution >= 4 is 5.91 Å². The predicted molar refractivity (Wildman–Crippen MR) is 66.4 cm³/mol. The van der Waals surface area contributed by atoms with Gasteiger partial charge < -0.3 is 9.47 Å². The van der Waals surface area contributed by atoms with Crippen LogP contribution in [0.5, 0.6) is 0 Å². The zero-order chi connectivity index (χ0) is 14.9. The first-order valence-corrected chi connectivity index (χ1v) is 6.31. The van der Waals surface area contributed by atoms with Crippen molar-refractivity contribution in [2.75, 3.05) is 13.1 Å². The van der Waals surface area contributed by atoms with Crippen LogP contribution in [0.15, 0.2) is 23.1 Å². The first kappa shape index (κ1) is 14.6. The highest BCUT2D eigenvalue weighted by Crippen LogP contribution is 2.34. The maximum atomic E-state index is 12.5. The van der Waals surface area contributed by atoms with Crippen molar-refractivity contribution in [2.24, 2.45) is 13.0 Å². The van der Waals surface area contributed by atoms with E-state index in [1.54, 1.807) is 7.05 Å². The third-order valence-electron chi connectivity index (χ3n) is 3.60. The van der Waals surface area contributed by atoms with Gasteiger partial charge in [0.1, 0.15) is 0 Å². The Bertz CT molecular complexity index is 557. The van der Waals surface area contributed by atoms with Crippen molar-refractivity contribution in [3.05, 3.63) is 34.2 Å². The quantitative estimate of drug-likeness (QED) is 0.791. The van der Waals surface area contributed by atoms with Crippen LogP contribution < -0.4 is 5.56 Å². The molecule has 1 saturated heterocycles. The van der Waals surface area contributed by atoms with Gasteiger partial charge in [0.2, 0.25) is 0 Å². The van der Waals surface area contributed by atoms with E-state index < -0.39 is 12.1 Å². The molecule has 0 radical (unpaired) electrons. The smallest absolute Gasteiger partial charge is 0.339 e. The van der Waals surface area contributed by atoms with Crippen LogP contribution in [0.4, 0.5) is 13.2 Å². The Labute approximate surface area is 113 Å². The molecule has 0 N–H and O–H groups in total. The van der Waals surface area contributed by atoms with Gasteiger partial charge in [-0.15, -0.1) is 0 Å². The molecule has 110 valence electrons. The summed E-state index contributed by atoms with van der Waals surface area (Å²) in [7, 11) is 1.56. The zero-order valence-corrected chi connectivity index (χ0v) is 11.0. The number of nitrogens with zero attached hydrogens (tertiary/aromatic N) is 2. The molecule has 0 aliphatic carbocycles. The molecule has 20 heavy (non-hydrogen) atoms. The normalized spacial score (nSPS) is 17.3. The molecule has 0 unspecified atom stereocenters. The van der Waals surface area contributed by atoms with Crippen molar-refractivity contribution in [3.63, 3.8) is 0 Å². The van der Waals surface area contributed by atoms with Crippen LogP contribution in [-0.4, -0.2) is 34.6 Å². The molecule has 1 aromatic heterocycles. The van der Waals surface area contributed by atoms with Gasteiger partial charge in [-0.2, -0.15) is 13.2 Å². The number of likely N-dealkylation sites (tertiary alicyclic amines) is 1. The predicted octanol–water partition coefficient (Wildman–Crippen LogP) is 1.80. The number of hydrogen-bond donors (Lipinski definition) is 0. The number of amides is 1. The summed E-state index contributed by atoms with van der Waals surface area (Å²) in [5.41, 5.74) is -0.0976. The second kappa shape index (κ2) is 5.30. The fourth-order valence-corrected chi connectivity index (χ4v) is 2.27. The van der Waals surface area contributed by atoms with Gasteiger partial charge in [0, 0.05) is 38.0 Å². The van der Waals surface area contributed by atoms with E-state index in [-0.39, 0.29) is 43.0 Å².